The first-order valence-corrected chi connectivity index (χ1v) is 9.92. The van der Waals surface area contributed by atoms with Crippen LogP contribution in [0, 0.1) is 0 Å². The SMILES string of the molecule is COc1ccccc1OCc1ccc(C(=O)NC2CCCCCCC2)cc1. The first kappa shape index (κ1) is 19.3. The van der Waals surface area contributed by atoms with Crippen molar-refractivity contribution >= 4 is 5.91 Å². The summed E-state index contributed by atoms with van der Waals surface area (Å²) < 4.78 is 11.1. The molecule has 0 heterocycles. The molecule has 2 aromatic rings. The second-order valence-electron chi connectivity index (χ2n) is 7.15. The molecule has 4 nitrogen and oxygen atoms in total. The predicted octanol–water partition coefficient (Wildman–Crippen LogP) is 5.12. The molecule has 4 heteroatoms. The smallest absolute Gasteiger partial charge is 0.251 e. The number of carbonyl (C=O) groups is 1. The molecule has 1 N–H and O–H groups in total. The summed E-state index contributed by atoms with van der Waals surface area (Å²) in [6.45, 7) is 0.435. The van der Waals surface area contributed by atoms with Gasteiger partial charge in [-0.3, -0.25) is 4.79 Å². The molecule has 1 fully saturated rings. The maximum atomic E-state index is 12.5. The van der Waals surface area contributed by atoms with Crippen LogP contribution in [0.2, 0.25) is 0 Å². The lowest BCUT2D eigenvalue weighted by Gasteiger charge is -2.21. The Morgan fingerprint density at radius 1 is 0.926 bits per heavy atom. The molecule has 0 saturated heterocycles. The number of carbonyl (C=O) groups excluding carboxylic acids is 1. The van der Waals surface area contributed by atoms with Crippen LogP contribution in [0.1, 0.15) is 60.9 Å². The number of nitrogens with one attached hydrogen (secondary N) is 1. The van der Waals surface area contributed by atoms with E-state index in [1.807, 2.05) is 48.5 Å². The molecule has 3 rings (SSSR count). The molecule has 2 aromatic carbocycles. The first-order chi connectivity index (χ1) is 13.3. The molecular formula is C23H29NO3. The molecule has 1 saturated carbocycles. The minimum absolute atomic E-state index is 0.0257. The topological polar surface area (TPSA) is 47.6 Å². The molecule has 0 spiro atoms. The normalized spacial score (nSPS) is 15.4. The van der Waals surface area contributed by atoms with Crippen LogP contribution in [0.25, 0.3) is 0 Å². The Bertz CT molecular complexity index is 719. The average molecular weight is 367 g/mol. The van der Waals surface area contributed by atoms with Gasteiger partial charge in [0.2, 0.25) is 0 Å². The Morgan fingerprint density at radius 2 is 1.56 bits per heavy atom. The fraction of sp³-hybridized carbons (Fsp3) is 0.435. The molecular weight excluding hydrogens is 338 g/mol. The van der Waals surface area contributed by atoms with Gasteiger partial charge < -0.3 is 14.8 Å². The summed E-state index contributed by atoms with van der Waals surface area (Å²) in [5.41, 5.74) is 1.72. The van der Waals surface area contributed by atoms with Crippen molar-refractivity contribution in [3.8, 4) is 11.5 Å². The highest BCUT2D eigenvalue weighted by Gasteiger charge is 2.15. The van der Waals surface area contributed by atoms with E-state index < -0.39 is 0 Å². The van der Waals surface area contributed by atoms with Crippen LogP contribution in [0.3, 0.4) is 0 Å². The minimum atomic E-state index is 0.0257. The second kappa shape index (κ2) is 10.0. The van der Waals surface area contributed by atoms with E-state index in [1.165, 1.54) is 32.1 Å². The van der Waals surface area contributed by atoms with E-state index in [0.29, 0.717) is 29.7 Å². The van der Waals surface area contributed by atoms with E-state index in [-0.39, 0.29) is 5.91 Å². The van der Waals surface area contributed by atoms with Gasteiger partial charge in [0.1, 0.15) is 6.61 Å². The molecule has 0 aromatic heterocycles. The maximum Gasteiger partial charge on any atom is 0.251 e. The fourth-order valence-corrected chi connectivity index (χ4v) is 3.52. The first-order valence-electron chi connectivity index (χ1n) is 9.92. The van der Waals surface area contributed by atoms with Crippen molar-refractivity contribution in [1.82, 2.24) is 5.32 Å². The molecule has 0 radical (unpaired) electrons. The van der Waals surface area contributed by atoms with Crippen LogP contribution in [-0.2, 0) is 6.61 Å². The Morgan fingerprint density at radius 3 is 2.22 bits per heavy atom. The zero-order valence-corrected chi connectivity index (χ0v) is 16.1. The number of para-hydroxylation sites is 2. The molecule has 144 valence electrons. The van der Waals surface area contributed by atoms with Gasteiger partial charge in [-0.25, -0.2) is 0 Å². The zero-order valence-electron chi connectivity index (χ0n) is 16.1. The summed E-state index contributed by atoms with van der Waals surface area (Å²) in [6.07, 6.45) is 8.51. The van der Waals surface area contributed by atoms with Gasteiger partial charge in [-0.05, 0) is 42.7 Å². The van der Waals surface area contributed by atoms with Crippen LogP contribution in [0.4, 0.5) is 0 Å². The second-order valence-corrected chi connectivity index (χ2v) is 7.15. The molecule has 27 heavy (non-hydrogen) atoms. The summed E-state index contributed by atoms with van der Waals surface area (Å²) in [5, 5.41) is 3.21. The molecule has 0 atom stereocenters. The van der Waals surface area contributed by atoms with Crippen molar-refractivity contribution in [3.63, 3.8) is 0 Å². The molecule has 0 aliphatic heterocycles. The number of amides is 1. The largest absolute Gasteiger partial charge is 0.493 e. The van der Waals surface area contributed by atoms with E-state index in [0.717, 1.165) is 18.4 Å². The molecule has 0 bridgehead atoms. The lowest BCUT2D eigenvalue weighted by atomic mass is 9.96. The zero-order chi connectivity index (χ0) is 18.9. The number of benzene rings is 2. The number of hydrogen-bond acceptors (Lipinski definition) is 3. The third kappa shape index (κ3) is 5.75. The van der Waals surface area contributed by atoms with E-state index in [4.69, 9.17) is 9.47 Å². The van der Waals surface area contributed by atoms with Gasteiger partial charge in [-0.1, -0.05) is 56.4 Å². The van der Waals surface area contributed by atoms with Crippen molar-refractivity contribution in [2.75, 3.05) is 7.11 Å². The van der Waals surface area contributed by atoms with Crippen LogP contribution in [0.5, 0.6) is 11.5 Å². The maximum absolute atomic E-state index is 12.5. The molecule has 1 aliphatic carbocycles. The Balaban J connectivity index is 1.53. The van der Waals surface area contributed by atoms with Crippen molar-refractivity contribution in [2.24, 2.45) is 0 Å². The standard InChI is InChI=1S/C23H29NO3/c1-26-21-11-7-8-12-22(21)27-17-18-13-15-19(16-14-18)23(25)24-20-9-5-3-2-4-6-10-20/h7-8,11-16,20H,2-6,9-10,17H2,1H3,(H,24,25). The van der Waals surface area contributed by atoms with Crippen molar-refractivity contribution < 1.29 is 14.3 Å². The van der Waals surface area contributed by atoms with Crippen LogP contribution in [0.15, 0.2) is 48.5 Å². The molecule has 1 amide bonds. The van der Waals surface area contributed by atoms with E-state index in [2.05, 4.69) is 5.32 Å². The minimum Gasteiger partial charge on any atom is -0.493 e. The van der Waals surface area contributed by atoms with Gasteiger partial charge in [-0.15, -0.1) is 0 Å². The number of methoxy groups -OCH3 is 1. The van der Waals surface area contributed by atoms with Gasteiger partial charge >= 0.3 is 0 Å². The number of rotatable bonds is 6. The van der Waals surface area contributed by atoms with E-state index in [1.54, 1.807) is 7.11 Å². The van der Waals surface area contributed by atoms with Crippen LogP contribution in [-0.4, -0.2) is 19.1 Å². The number of ether oxygens (including phenoxy) is 2. The highest BCUT2D eigenvalue weighted by Crippen LogP contribution is 2.26. The summed E-state index contributed by atoms with van der Waals surface area (Å²) >= 11 is 0. The van der Waals surface area contributed by atoms with Crippen molar-refractivity contribution in [1.29, 1.82) is 0 Å². The van der Waals surface area contributed by atoms with Crippen LogP contribution >= 0.6 is 0 Å². The van der Waals surface area contributed by atoms with Gasteiger partial charge in [0.05, 0.1) is 7.11 Å². The van der Waals surface area contributed by atoms with Crippen molar-refractivity contribution in [3.05, 3.63) is 59.7 Å². The summed E-state index contributed by atoms with van der Waals surface area (Å²) in [6, 6.07) is 15.5. The Kier molecular flexibility index (Phi) is 7.14. The average Bonchev–Trinajstić information content (AvgIpc) is 2.69. The third-order valence-electron chi connectivity index (χ3n) is 5.12. The fourth-order valence-electron chi connectivity index (χ4n) is 3.52. The summed E-state index contributed by atoms with van der Waals surface area (Å²) in [4.78, 5) is 12.5. The lowest BCUT2D eigenvalue weighted by molar-refractivity contribution is 0.0930. The lowest BCUT2D eigenvalue weighted by Crippen LogP contribution is -2.35. The Labute approximate surface area is 161 Å². The third-order valence-corrected chi connectivity index (χ3v) is 5.12. The molecule has 0 unspecified atom stereocenters. The number of hydrogen-bond donors (Lipinski definition) is 1. The van der Waals surface area contributed by atoms with E-state index >= 15 is 0 Å². The van der Waals surface area contributed by atoms with E-state index in [9.17, 15) is 4.79 Å². The van der Waals surface area contributed by atoms with Gasteiger partial charge in [0.25, 0.3) is 5.91 Å². The van der Waals surface area contributed by atoms with Gasteiger partial charge in [0.15, 0.2) is 11.5 Å². The quantitative estimate of drug-likeness (QED) is 0.771. The van der Waals surface area contributed by atoms with Crippen LogP contribution < -0.4 is 14.8 Å². The van der Waals surface area contributed by atoms with Gasteiger partial charge in [-0.2, -0.15) is 0 Å². The summed E-state index contributed by atoms with van der Waals surface area (Å²) in [7, 11) is 1.63. The monoisotopic (exact) mass is 367 g/mol. The predicted molar refractivity (Wildman–Crippen MR) is 107 cm³/mol. The van der Waals surface area contributed by atoms with Crippen molar-refractivity contribution in [2.45, 2.75) is 57.6 Å². The summed E-state index contributed by atoms with van der Waals surface area (Å²) in [5.74, 6) is 1.46. The van der Waals surface area contributed by atoms with Gasteiger partial charge in [0, 0.05) is 11.6 Å². The Hall–Kier alpha value is -2.49. The highest BCUT2D eigenvalue weighted by atomic mass is 16.5. The molecule has 1 aliphatic rings. The highest BCUT2D eigenvalue weighted by molar-refractivity contribution is 5.94.